The maximum atomic E-state index is 13.9. The monoisotopic (exact) mass is 1410 g/mol. The van der Waals surface area contributed by atoms with E-state index in [1.54, 1.807) is 123 Å². The summed E-state index contributed by atoms with van der Waals surface area (Å²) >= 11 is 5.12. The van der Waals surface area contributed by atoms with Crippen molar-refractivity contribution < 1.29 is 75.9 Å². The smallest absolute Gasteiger partial charge is 0.299 e. The standard InChI is InChI=1S/C26H16FNO5S.C26H16FNO4S2.C25H16FNO4S/c1-14-2-7-17(27)10-20(14)24(31)25-23(19-9-8-18(30)11-21(19)34-25)15-3-5-16(6-4-15)26-28-22(12-32-26)33-13-29;1-14-2-7-17(27)10-20(14)24(31)25-23(19-9-8-18(30)11-21(19)34-25)15-3-5-16(6-4-15)26-28-22(12-33-26)32-13-29;1-13-2-7-16(26)10-19(13)23(30)24-22(18-9-8-17(28)11-20(18)32-24)14-3-5-15(6-4-14)25-27-21(29)12-31-25/h2*2-13,30H,1H3;2-12,28-29H,1H3. The van der Waals surface area contributed by atoms with E-state index in [1.165, 1.54) is 88.0 Å². The minimum absolute atomic E-state index is 0.0519. The van der Waals surface area contributed by atoms with E-state index in [0.717, 1.165) is 64.3 Å². The topological polar surface area (TPSA) is 250 Å². The quantitative estimate of drug-likeness (QED) is 0.0518. The number of oxazole rings is 2. The predicted octanol–water partition coefficient (Wildman–Crippen LogP) is 19.1. The Morgan fingerprint density at radius 2 is 0.760 bits per heavy atom. The van der Waals surface area contributed by atoms with Crippen LogP contribution in [0.1, 0.15) is 62.4 Å². The normalized spacial score (nSPS) is 11.1. The number of aromatic nitrogens is 3. The van der Waals surface area contributed by atoms with Crippen molar-refractivity contribution in [2.75, 3.05) is 0 Å². The molecule has 15 aromatic rings. The first-order valence-corrected chi connectivity index (χ1v) is 33.4. The summed E-state index contributed by atoms with van der Waals surface area (Å²) in [6.45, 7) is 5.91. The highest BCUT2D eigenvalue weighted by atomic mass is 32.1. The summed E-state index contributed by atoms with van der Waals surface area (Å²) in [6.07, 6.45) is 2.38. The van der Waals surface area contributed by atoms with E-state index < -0.39 is 17.5 Å². The van der Waals surface area contributed by atoms with E-state index in [2.05, 4.69) is 19.7 Å². The molecular formula is C77H48F3N3O13S4. The van der Waals surface area contributed by atoms with Crippen LogP contribution in [0.2, 0.25) is 0 Å². The zero-order valence-electron chi connectivity index (χ0n) is 52.3. The number of carbonyl (C=O) groups is 5. The molecule has 6 aromatic heterocycles. The lowest BCUT2D eigenvalue weighted by molar-refractivity contribution is -0.121. The van der Waals surface area contributed by atoms with E-state index in [-0.39, 0.29) is 76.1 Å². The van der Waals surface area contributed by atoms with Gasteiger partial charge in [0.25, 0.3) is 24.7 Å². The predicted molar refractivity (Wildman–Crippen MR) is 378 cm³/mol. The number of nitrogens with zero attached hydrogens (tertiary/aromatic N) is 3. The summed E-state index contributed by atoms with van der Waals surface area (Å²) in [4.78, 5) is 75.2. The highest BCUT2D eigenvalue weighted by Crippen LogP contribution is 2.46. The zero-order chi connectivity index (χ0) is 70.0. The van der Waals surface area contributed by atoms with Crippen LogP contribution in [0.4, 0.5) is 13.2 Å². The molecule has 15 rings (SSSR count). The number of thiazole rings is 1. The molecule has 0 aliphatic rings. The second kappa shape index (κ2) is 28.1. The molecule has 0 radical (unpaired) electrons. The third-order valence-corrected chi connectivity index (χ3v) is 20.4. The van der Waals surface area contributed by atoms with Crippen molar-refractivity contribution in [1.82, 2.24) is 15.0 Å². The Bertz CT molecular complexity index is 5460. The van der Waals surface area contributed by atoms with Crippen molar-refractivity contribution in [3.63, 3.8) is 0 Å². The number of phenols is 3. The SMILES string of the molecule is Cc1ccc(F)cc1C(=O)c1sc2cc(O)ccc2c1-c1ccc(-c2nc(O)co2)cc1.Cc1ccc(F)cc1C(=O)c1sc2cc(O)ccc2c1-c1ccc(-c2nc(OC=O)co2)cc1.Cc1ccc(F)cc1C(=O)c1sc2cc(O)ccc2c1-c1ccc(-c2nc(OC=O)cs2)cc1. The van der Waals surface area contributed by atoms with Crippen molar-refractivity contribution in [2.24, 2.45) is 0 Å². The highest BCUT2D eigenvalue weighted by Gasteiger charge is 2.27. The molecular weight excluding hydrogens is 1360 g/mol. The van der Waals surface area contributed by atoms with E-state index in [9.17, 15) is 57.6 Å². The number of benzene rings is 9. The van der Waals surface area contributed by atoms with E-state index in [4.69, 9.17) is 13.6 Å². The van der Waals surface area contributed by atoms with Gasteiger partial charge in [-0.2, -0.15) is 9.97 Å². The minimum atomic E-state index is -0.484. The molecule has 9 aromatic carbocycles. The van der Waals surface area contributed by atoms with Gasteiger partial charge in [0.15, 0.2) is 12.5 Å². The van der Waals surface area contributed by atoms with Gasteiger partial charge in [0.2, 0.25) is 35.0 Å². The van der Waals surface area contributed by atoms with Crippen molar-refractivity contribution in [3.8, 4) is 102 Å². The fourth-order valence-corrected chi connectivity index (χ4v) is 15.6. The number of thiophene rings is 3. The number of phenolic OH excluding ortho intramolecular Hbond substituents is 3. The fourth-order valence-electron chi connectivity index (χ4n) is 11.2. The number of ether oxygens (including phenoxy) is 2. The van der Waals surface area contributed by atoms with Crippen LogP contribution in [0.15, 0.2) is 209 Å². The number of ketones is 3. The van der Waals surface area contributed by atoms with Crippen LogP contribution < -0.4 is 9.47 Å². The van der Waals surface area contributed by atoms with E-state index in [0.29, 0.717) is 76.2 Å². The summed E-state index contributed by atoms with van der Waals surface area (Å²) in [5, 5.41) is 44.1. The zero-order valence-corrected chi connectivity index (χ0v) is 55.5. The molecule has 0 unspecified atom stereocenters. The van der Waals surface area contributed by atoms with Gasteiger partial charge in [0, 0.05) is 80.3 Å². The van der Waals surface area contributed by atoms with Gasteiger partial charge in [0.1, 0.15) is 39.7 Å². The Balaban J connectivity index is 0.000000134. The molecule has 4 N–H and O–H groups in total. The Labute approximate surface area is 581 Å². The van der Waals surface area contributed by atoms with Gasteiger partial charge in [0.05, 0.1) is 20.0 Å². The number of hydrogen-bond acceptors (Lipinski definition) is 20. The largest absolute Gasteiger partial charge is 0.508 e. The molecule has 6 heterocycles. The number of fused-ring (bicyclic) bond motifs is 3. The molecule has 0 fully saturated rings. The van der Waals surface area contributed by atoms with E-state index in [1.807, 2.05) is 48.5 Å². The van der Waals surface area contributed by atoms with Gasteiger partial charge in [-0.15, -0.1) is 45.3 Å². The van der Waals surface area contributed by atoms with Gasteiger partial charge in [-0.1, -0.05) is 66.7 Å². The van der Waals surface area contributed by atoms with Crippen molar-refractivity contribution >= 4 is 106 Å². The third-order valence-electron chi connectivity index (χ3n) is 16.0. The van der Waals surface area contributed by atoms with E-state index >= 15 is 0 Å². The number of halogens is 3. The van der Waals surface area contributed by atoms with Crippen LogP contribution in [0.3, 0.4) is 0 Å². The first-order valence-electron chi connectivity index (χ1n) is 30.1. The Morgan fingerprint density at radius 1 is 0.410 bits per heavy atom. The summed E-state index contributed by atoms with van der Waals surface area (Å²) < 4.78 is 64.1. The molecule has 0 aliphatic heterocycles. The van der Waals surface area contributed by atoms with Crippen molar-refractivity contribution in [3.05, 3.63) is 265 Å². The molecule has 494 valence electrons. The molecule has 0 atom stereocenters. The molecule has 0 saturated heterocycles. The lowest BCUT2D eigenvalue weighted by atomic mass is 9.96. The summed E-state index contributed by atoms with van der Waals surface area (Å²) in [7, 11) is 0. The van der Waals surface area contributed by atoms with Gasteiger partial charge in [-0.3, -0.25) is 24.0 Å². The second-order valence-corrected chi connectivity index (χ2v) is 26.5. The molecule has 0 bridgehead atoms. The highest BCUT2D eigenvalue weighted by molar-refractivity contribution is 7.22. The average Bonchev–Trinajstić information content (AvgIpc) is 1.62. The van der Waals surface area contributed by atoms with Crippen molar-refractivity contribution in [1.29, 1.82) is 0 Å². The van der Waals surface area contributed by atoms with Gasteiger partial charge >= 0.3 is 0 Å². The summed E-state index contributed by atoms with van der Waals surface area (Å²) in [5.74, 6) is -1.33. The lowest BCUT2D eigenvalue weighted by Crippen LogP contribution is -2.04. The first kappa shape index (κ1) is 66.5. The van der Waals surface area contributed by atoms with Crippen LogP contribution in [-0.4, -0.2) is 65.7 Å². The van der Waals surface area contributed by atoms with Crippen molar-refractivity contribution in [2.45, 2.75) is 20.8 Å². The van der Waals surface area contributed by atoms with Crippen LogP contribution in [0.25, 0.3) is 97.1 Å². The molecule has 0 aliphatic carbocycles. The van der Waals surface area contributed by atoms with Crippen LogP contribution in [-0.2, 0) is 9.59 Å². The molecule has 100 heavy (non-hydrogen) atoms. The second-order valence-electron chi connectivity index (χ2n) is 22.5. The number of aryl methyl sites for hydroxylation is 3. The average molecular weight is 1410 g/mol. The summed E-state index contributed by atoms with van der Waals surface area (Å²) in [5.41, 5.74) is 9.55. The van der Waals surface area contributed by atoms with Crippen LogP contribution in [0.5, 0.6) is 34.9 Å². The maximum absolute atomic E-state index is 13.9. The number of aromatic hydroxyl groups is 4. The molecule has 0 amide bonds. The number of hydrogen-bond donors (Lipinski definition) is 4. The van der Waals surface area contributed by atoms with Crippen LogP contribution in [0, 0.1) is 38.2 Å². The minimum Gasteiger partial charge on any atom is -0.508 e. The van der Waals surface area contributed by atoms with Gasteiger partial charge < -0.3 is 38.7 Å². The first-order chi connectivity index (χ1) is 48.3. The number of rotatable bonds is 16. The molecule has 0 spiro atoms. The van der Waals surface area contributed by atoms with Gasteiger partial charge in [-0.25, -0.2) is 18.2 Å². The molecule has 16 nitrogen and oxygen atoms in total. The third kappa shape index (κ3) is 13.6. The molecule has 0 saturated carbocycles. The molecule has 23 heteroatoms. The Hall–Kier alpha value is -12.2. The Kier molecular flexibility index (Phi) is 18.7. The summed E-state index contributed by atoms with van der Waals surface area (Å²) in [6, 6.07) is 49.3. The number of carbonyl (C=O) groups excluding carboxylic acids is 5. The van der Waals surface area contributed by atoms with Gasteiger partial charge in [-0.05, 0) is 169 Å². The Morgan fingerprint density at radius 3 is 1.13 bits per heavy atom. The lowest BCUT2D eigenvalue weighted by Gasteiger charge is -2.08. The fraction of sp³-hybridized carbons (Fsp3) is 0.0390. The van der Waals surface area contributed by atoms with Crippen LogP contribution >= 0.6 is 45.3 Å². The maximum Gasteiger partial charge on any atom is 0.299 e.